The molecule has 5 N–H and O–H groups in total. The number of aromatic nitrogens is 1. The summed E-state index contributed by atoms with van der Waals surface area (Å²) in [6.45, 7) is 19.3. The number of likely N-dealkylation sites (tertiary alicyclic amines) is 1. The zero-order valence-corrected chi connectivity index (χ0v) is 43.4. The number of carbonyl (C=O) groups is 4. The van der Waals surface area contributed by atoms with Gasteiger partial charge in [-0.05, 0) is 59.9 Å². The fourth-order valence-electron chi connectivity index (χ4n) is 10.5. The topological polar surface area (TPSA) is 210 Å². The summed E-state index contributed by atoms with van der Waals surface area (Å²) in [5, 5.41) is 39.0. The van der Waals surface area contributed by atoms with Crippen LogP contribution < -0.4 is 25.6 Å². The Bertz CT molecular complexity index is 2570. The fourth-order valence-corrected chi connectivity index (χ4v) is 11.5. The van der Waals surface area contributed by atoms with Gasteiger partial charge in [0.1, 0.15) is 36.6 Å². The van der Waals surface area contributed by atoms with Gasteiger partial charge in [0.15, 0.2) is 0 Å². The summed E-state index contributed by atoms with van der Waals surface area (Å²) in [5.74, 6) is -0.874. The summed E-state index contributed by atoms with van der Waals surface area (Å²) in [4.78, 5) is 65.6. The number of nitriles is 1. The minimum Gasteiger partial charge on any atom is -0.489 e. The van der Waals surface area contributed by atoms with Gasteiger partial charge in [0.25, 0.3) is 5.91 Å². The molecule has 3 aromatic carbocycles. The number of thiazole rings is 1. The van der Waals surface area contributed by atoms with E-state index in [-0.39, 0.29) is 55.1 Å². The van der Waals surface area contributed by atoms with Crippen molar-refractivity contribution in [1.29, 1.82) is 5.26 Å². The smallest absolute Gasteiger partial charge is 0.251 e. The van der Waals surface area contributed by atoms with Crippen molar-refractivity contribution in [2.24, 2.45) is 16.2 Å². The number of aliphatic hydroxyl groups excluding tert-OH is 2. The van der Waals surface area contributed by atoms with Gasteiger partial charge in [0.2, 0.25) is 17.7 Å². The lowest BCUT2D eigenvalue weighted by molar-refractivity contribution is -0.164. The highest BCUT2D eigenvalue weighted by Crippen LogP contribution is 2.55. The molecule has 0 unspecified atom stereocenters. The number of hydrogen-bond acceptors (Lipinski definition) is 13. The van der Waals surface area contributed by atoms with Crippen LogP contribution in [0.4, 0.5) is 5.69 Å². The van der Waals surface area contributed by atoms with Gasteiger partial charge in [-0.1, -0.05) is 84.3 Å². The van der Waals surface area contributed by atoms with Crippen molar-refractivity contribution in [3.8, 4) is 22.3 Å². The maximum atomic E-state index is 14.1. The summed E-state index contributed by atoms with van der Waals surface area (Å²) >= 11 is 7.70. The molecular formula is C53H67ClN8O8S. The van der Waals surface area contributed by atoms with Gasteiger partial charge < -0.3 is 45.4 Å². The van der Waals surface area contributed by atoms with Crippen molar-refractivity contribution in [1.82, 2.24) is 30.7 Å². The number of aliphatic hydroxyl groups is 2. The van der Waals surface area contributed by atoms with Gasteiger partial charge in [0, 0.05) is 79.9 Å². The first-order valence-electron chi connectivity index (χ1n) is 24.2. The Hall–Kier alpha value is -5.61. The van der Waals surface area contributed by atoms with Crippen LogP contribution in [-0.4, -0.2) is 131 Å². The quantitative estimate of drug-likeness (QED) is 0.0778. The lowest BCUT2D eigenvalue weighted by atomic mass is 9.49. The number of β-amino-alcohol motifs (C(OH)–C–C–N with tert-alkyl or cyclic N) is 1. The Morgan fingerprint density at radius 1 is 0.972 bits per heavy atom. The van der Waals surface area contributed by atoms with Crippen molar-refractivity contribution in [3.63, 3.8) is 0 Å². The highest BCUT2D eigenvalue weighted by molar-refractivity contribution is 7.13. The SMILES string of the molecule is C[C@H](NC(=O)[C@@H]1C[C@@H](O)CN1C(=O)[C@@H](NC(=O)COCCN1CCN(c2ccc(C(=O)NC3C(C)(C)C(Oc4ccc(C#N)c(Cl)c4)C3(C)C)cc2)CC1)C(C)(C)C)c1ccc(-c2scnc2CO)cc1. The zero-order valence-electron chi connectivity index (χ0n) is 41.8. The third-order valence-electron chi connectivity index (χ3n) is 14.2. The molecular weight excluding hydrogens is 944 g/mol. The van der Waals surface area contributed by atoms with E-state index in [0.29, 0.717) is 40.7 Å². The molecule has 0 bridgehead atoms. The molecule has 380 valence electrons. The fraction of sp³-hybridized carbons (Fsp3) is 0.509. The van der Waals surface area contributed by atoms with E-state index in [1.807, 2.05) is 76.2 Å². The maximum absolute atomic E-state index is 14.1. The molecule has 4 atom stereocenters. The number of anilines is 1. The second kappa shape index (κ2) is 22.0. The first kappa shape index (κ1) is 53.2. The van der Waals surface area contributed by atoms with E-state index in [9.17, 15) is 34.7 Å². The largest absolute Gasteiger partial charge is 0.489 e. The van der Waals surface area contributed by atoms with Gasteiger partial charge in [-0.25, -0.2) is 4.98 Å². The predicted molar refractivity (Wildman–Crippen MR) is 273 cm³/mol. The van der Waals surface area contributed by atoms with Crippen LogP contribution in [0.1, 0.15) is 95.0 Å². The molecule has 2 saturated heterocycles. The number of amides is 4. The Morgan fingerprint density at radius 2 is 1.65 bits per heavy atom. The van der Waals surface area contributed by atoms with Gasteiger partial charge in [0.05, 0.1) is 52.0 Å². The molecule has 7 rings (SSSR count). The molecule has 16 nitrogen and oxygen atoms in total. The van der Waals surface area contributed by atoms with Crippen LogP contribution in [0.3, 0.4) is 0 Å². The third kappa shape index (κ3) is 12.0. The average Bonchev–Trinajstić information content (AvgIpc) is 3.99. The molecule has 3 heterocycles. The number of nitrogens with zero attached hydrogens (tertiary/aromatic N) is 5. The van der Waals surface area contributed by atoms with Crippen LogP contribution in [0.5, 0.6) is 5.75 Å². The molecule has 1 aliphatic carbocycles. The number of ether oxygens (including phenoxy) is 2. The lowest BCUT2D eigenvalue weighted by Gasteiger charge is -2.63. The maximum Gasteiger partial charge on any atom is 0.251 e. The minimum atomic E-state index is -0.978. The minimum absolute atomic E-state index is 0.0351. The monoisotopic (exact) mass is 1010 g/mol. The normalized spacial score (nSPS) is 21.6. The number of hydrogen-bond donors (Lipinski definition) is 5. The molecule has 0 spiro atoms. The Kier molecular flexibility index (Phi) is 16.5. The highest BCUT2D eigenvalue weighted by Gasteiger charge is 2.64. The van der Waals surface area contributed by atoms with Crippen molar-refractivity contribution >= 4 is 52.3 Å². The Morgan fingerprint density at radius 3 is 2.27 bits per heavy atom. The molecule has 4 aromatic rings. The van der Waals surface area contributed by atoms with E-state index in [1.54, 1.807) is 23.7 Å². The zero-order chi connectivity index (χ0) is 51.4. The van der Waals surface area contributed by atoms with Crippen LogP contribution >= 0.6 is 22.9 Å². The highest BCUT2D eigenvalue weighted by atomic mass is 35.5. The number of rotatable bonds is 17. The molecule has 0 radical (unpaired) electrons. The standard InChI is InChI=1S/C53H67ClN8O8S/c1-32(33-9-11-34(12-10-33)44-41(29-63)56-31-71-44)57-47(67)42-25-38(64)28-62(42)48(68)45(51(2,3)4)58-43(65)30-69-24-23-60-19-21-61(22-20-60)37-16-13-35(14-17-37)46(66)59-49-52(5,6)50(53(49,7)8)70-39-18-15-36(27-55)40(54)26-39/h9-18,26,31-32,38,42,45,49-50,63-64H,19-25,28-30H2,1-8H3,(H,57,67)(H,58,65)(H,59,66)/t32-,38+,42-,45+,49?,50?/m0/s1. The van der Waals surface area contributed by atoms with Crippen LogP contribution in [0.2, 0.25) is 5.02 Å². The molecule has 71 heavy (non-hydrogen) atoms. The second-order valence-electron chi connectivity index (χ2n) is 21.1. The van der Waals surface area contributed by atoms with Crippen LogP contribution in [0.25, 0.3) is 10.4 Å². The van der Waals surface area contributed by atoms with E-state index >= 15 is 0 Å². The number of carbonyl (C=O) groups excluding carboxylic acids is 4. The van der Waals surface area contributed by atoms with E-state index in [0.717, 1.165) is 47.9 Å². The van der Waals surface area contributed by atoms with Gasteiger partial charge in [-0.15, -0.1) is 11.3 Å². The first-order chi connectivity index (χ1) is 33.6. The van der Waals surface area contributed by atoms with E-state index < -0.39 is 47.4 Å². The molecule has 3 aliphatic rings. The molecule has 1 aromatic heterocycles. The average molecular weight is 1010 g/mol. The summed E-state index contributed by atoms with van der Waals surface area (Å²) < 4.78 is 12.2. The van der Waals surface area contributed by atoms with E-state index in [1.165, 1.54) is 16.2 Å². The van der Waals surface area contributed by atoms with E-state index in [4.69, 9.17) is 21.1 Å². The van der Waals surface area contributed by atoms with Crippen LogP contribution in [0, 0.1) is 27.6 Å². The van der Waals surface area contributed by atoms with Crippen LogP contribution in [0.15, 0.2) is 72.2 Å². The lowest BCUT2D eigenvalue weighted by Crippen LogP contribution is -2.74. The summed E-state index contributed by atoms with van der Waals surface area (Å²) in [7, 11) is 0. The first-order valence-corrected chi connectivity index (χ1v) is 25.4. The molecule has 1 saturated carbocycles. The van der Waals surface area contributed by atoms with E-state index in [2.05, 4.69) is 64.5 Å². The van der Waals surface area contributed by atoms with Crippen LogP contribution in [-0.2, 0) is 25.7 Å². The summed E-state index contributed by atoms with van der Waals surface area (Å²) in [5.41, 5.74) is 4.54. The van der Waals surface area contributed by atoms with Crippen molar-refractivity contribution in [2.45, 2.75) is 105 Å². The Balaban J connectivity index is 0.832. The molecule has 4 amide bonds. The van der Waals surface area contributed by atoms with Crippen molar-refractivity contribution in [3.05, 3.63) is 99.6 Å². The molecule has 3 fully saturated rings. The number of piperazine rings is 1. The van der Waals surface area contributed by atoms with Crippen molar-refractivity contribution < 1.29 is 38.9 Å². The predicted octanol–water partition coefficient (Wildman–Crippen LogP) is 5.95. The van der Waals surface area contributed by atoms with Gasteiger partial charge in [-0.2, -0.15) is 5.26 Å². The van der Waals surface area contributed by atoms with Gasteiger partial charge in [-0.3, -0.25) is 24.1 Å². The third-order valence-corrected chi connectivity index (χ3v) is 15.4. The molecule has 2 aliphatic heterocycles. The number of halogens is 1. The molecule has 18 heteroatoms. The Labute approximate surface area is 425 Å². The summed E-state index contributed by atoms with van der Waals surface area (Å²) in [6.07, 6.45) is -1.03. The van der Waals surface area contributed by atoms with Crippen molar-refractivity contribution in [2.75, 3.05) is 57.4 Å². The summed E-state index contributed by atoms with van der Waals surface area (Å²) in [6, 6.07) is 19.9. The van der Waals surface area contributed by atoms with Gasteiger partial charge >= 0.3 is 0 Å². The second-order valence-corrected chi connectivity index (χ2v) is 22.4. The number of nitrogens with one attached hydrogen (secondary N) is 3. The number of benzene rings is 3.